The van der Waals surface area contributed by atoms with E-state index < -0.39 is 0 Å². The van der Waals surface area contributed by atoms with Crippen LogP contribution in [0.5, 0.6) is 0 Å². The van der Waals surface area contributed by atoms with Gasteiger partial charge in [0.05, 0.1) is 0 Å². The molecule has 2 nitrogen and oxygen atoms in total. The average molecular weight is 102 g/mol. The van der Waals surface area contributed by atoms with Crippen molar-refractivity contribution in [3.63, 3.8) is 0 Å². The summed E-state index contributed by atoms with van der Waals surface area (Å²) in [5, 5.41) is 0. The molecule has 0 amide bonds. The molecule has 32 valence electrons. The predicted octanol–water partition coefficient (Wildman–Crippen LogP) is 0.863. The molecule has 0 saturated heterocycles. The van der Waals surface area contributed by atoms with Crippen LogP contribution >= 0.6 is 13.5 Å². The molecule has 0 radical (unpaired) electrons. The Hall–Kier alpha value is 0.620. The Labute approximate surface area is 40.0 Å². The normalized spacial score (nSPS) is 0. The molecule has 8 N–H and O–H groups in total. The second-order valence-corrected chi connectivity index (χ2v) is 0. The van der Waals surface area contributed by atoms with Gasteiger partial charge in [0.15, 0.2) is 0 Å². The van der Waals surface area contributed by atoms with E-state index in [1.54, 1.807) is 0 Å². The zero-order chi connectivity index (χ0) is 0. The summed E-state index contributed by atoms with van der Waals surface area (Å²) in [5.41, 5.74) is 0. The Bertz CT molecular complexity index is 4.00. The van der Waals surface area contributed by atoms with Gasteiger partial charge in [0.25, 0.3) is 0 Å². The van der Waals surface area contributed by atoms with Gasteiger partial charge in [-0.3, -0.25) is 0 Å². The lowest BCUT2D eigenvalue weighted by Crippen LogP contribution is -0.482. The molecule has 0 spiro atoms. The van der Waals surface area contributed by atoms with E-state index in [1.807, 2.05) is 0 Å². The van der Waals surface area contributed by atoms with E-state index in [4.69, 9.17) is 0 Å². The molecule has 0 unspecified atom stereocenters. The van der Waals surface area contributed by atoms with Crippen LogP contribution in [0.25, 0.3) is 0 Å². The summed E-state index contributed by atoms with van der Waals surface area (Å²) in [6, 6.07) is 0. The van der Waals surface area contributed by atoms with Crippen LogP contribution in [-0.2, 0) is 13.5 Å². The lowest BCUT2D eigenvalue weighted by atomic mass is 14.0. The summed E-state index contributed by atoms with van der Waals surface area (Å²) in [7, 11) is 0. The first-order valence-electron chi connectivity index (χ1n) is 0. The van der Waals surface area contributed by atoms with Crippen LogP contribution in [0, 0.1) is 0 Å². The molecule has 0 rings (SSSR count). The number of quaternary nitrogens is 2. The molecule has 0 aromatic carbocycles. The third kappa shape index (κ3) is 17.9. The van der Waals surface area contributed by atoms with Crippen molar-refractivity contribution in [2.24, 2.45) is 0 Å². The minimum atomic E-state index is 0. The first-order valence-corrected chi connectivity index (χ1v) is 0. The molecule has 4 heteroatoms. The molecule has 0 aliphatic carbocycles. The average Bonchev–Trinajstić information content (AvgIpc) is 0. The third-order valence-corrected chi connectivity index (χ3v) is 0. The van der Waals surface area contributed by atoms with Crippen LogP contribution in [0.3, 0.4) is 0 Å². The Morgan fingerprint density at radius 2 is 0.750 bits per heavy atom. The van der Waals surface area contributed by atoms with Crippen LogP contribution in [0.1, 0.15) is 0 Å². The SMILES string of the molecule is S.[NH4+].[NH4+].[S-2]. The molecule has 4 heavy (non-hydrogen) atoms. The summed E-state index contributed by atoms with van der Waals surface area (Å²) >= 11 is 0. The Morgan fingerprint density at radius 3 is 0.750 bits per heavy atom. The molecule has 0 aliphatic rings. The van der Waals surface area contributed by atoms with Crippen molar-refractivity contribution in [3.8, 4) is 0 Å². The molecule has 0 heterocycles. The fourth-order valence-corrected chi connectivity index (χ4v) is 0. The zero-order valence-corrected chi connectivity index (χ0v) is 4.72. The molecular formula is H10N2S2. The highest BCUT2D eigenvalue weighted by Crippen LogP contribution is 0.648. The van der Waals surface area contributed by atoms with E-state index in [9.17, 15) is 0 Å². The quantitative estimate of drug-likeness (QED) is 0.455. The summed E-state index contributed by atoms with van der Waals surface area (Å²) in [6.45, 7) is 0. The molecule has 0 aliphatic heterocycles. The van der Waals surface area contributed by atoms with Gasteiger partial charge < -0.3 is 25.8 Å². The van der Waals surface area contributed by atoms with Crippen molar-refractivity contribution in [2.75, 3.05) is 0 Å². The fourth-order valence-electron chi connectivity index (χ4n) is 0. The van der Waals surface area contributed by atoms with Crippen LogP contribution in [0.4, 0.5) is 0 Å². The minimum absolute atomic E-state index is 0. The lowest BCUT2D eigenvalue weighted by Gasteiger charge is -2.00. The topological polar surface area (TPSA) is 73.0 Å². The maximum Gasteiger partial charge on any atom is -0.197 e. The lowest BCUT2D eigenvalue weighted by molar-refractivity contribution is 2.13. The second-order valence-electron chi connectivity index (χ2n) is 0. The second kappa shape index (κ2) is 64.6. The van der Waals surface area contributed by atoms with Gasteiger partial charge in [0.1, 0.15) is 0 Å². The van der Waals surface area contributed by atoms with E-state index in [-0.39, 0.29) is 39.3 Å². The summed E-state index contributed by atoms with van der Waals surface area (Å²) in [4.78, 5) is 0. The summed E-state index contributed by atoms with van der Waals surface area (Å²) in [5.74, 6) is 0. The van der Waals surface area contributed by atoms with Gasteiger partial charge in [-0.1, -0.05) is 0 Å². The summed E-state index contributed by atoms with van der Waals surface area (Å²) in [6.07, 6.45) is 0. The van der Waals surface area contributed by atoms with Crippen molar-refractivity contribution in [1.29, 1.82) is 0 Å². The van der Waals surface area contributed by atoms with Crippen LogP contribution in [0.2, 0.25) is 0 Å². The number of hydrogen-bond acceptors (Lipinski definition) is 0. The first kappa shape index (κ1) is 157. The highest BCUT2D eigenvalue weighted by atomic mass is 32.1. The van der Waals surface area contributed by atoms with E-state index >= 15 is 0 Å². The zero-order valence-electron chi connectivity index (χ0n) is 2.91. The Balaban J connectivity index is 0. The largest absolute Gasteiger partial charge is 2.00 e. The van der Waals surface area contributed by atoms with Crippen LogP contribution in [0.15, 0.2) is 0 Å². The Morgan fingerprint density at radius 1 is 0.750 bits per heavy atom. The van der Waals surface area contributed by atoms with Crippen LogP contribution < -0.4 is 12.3 Å². The molecular weight excluding hydrogens is 92.1 g/mol. The van der Waals surface area contributed by atoms with E-state index in [1.165, 1.54) is 0 Å². The fraction of sp³-hybridized carbons (Fsp3) is 0. The van der Waals surface area contributed by atoms with E-state index in [0.29, 0.717) is 0 Å². The van der Waals surface area contributed by atoms with Gasteiger partial charge in [0.2, 0.25) is 0 Å². The van der Waals surface area contributed by atoms with Crippen molar-refractivity contribution in [1.82, 2.24) is 12.3 Å². The van der Waals surface area contributed by atoms with Crippen LogP contribution in [-0.4, -0.2) is 0 Å². The van der Waals surface area contributed by atoms with Gasteiger partial charge in [0, 0.05) is 0 Å². The van der Waals surface area contributed by atoms with Gasteiger partial charge >= 0.3 is 0 Å². The summed E-state index contributed by atoms with van der Waals surface area (Å²) < 4.78 is 0. The molecule has 0 fully saturated rings. The standard InChI is InChI=1S/2H3N.H2S.S/h2*1H3;1H2;/q;;;-2/p+2. The van der Waals surface area contributed by atoms with Gasteiger partial charge in [-0.25, -0.2) is 0 Å². The molecule has 0 saturated carbocycles. The minimum Gasteiger partial charge on any atom is -2.00 e. The van der Waals surface area contributed by atoms with Gasteiger partial charge in [-0.15, -0.1) is 0 Å². The maximum atomic E-state index is 0. The van der Waals surface area contributed by atoms with E-state index in [2.05, 4.69) is 0 Å². The predicted molar refractivity (Wildman–Crippen MR) is 29.7 cm³/mol. The highest BCUT2D eigenvalue weighted by Gasteiger charge is -0.197. The first-order chi connectivity index (χ1) is 0. The molecule has 0 aromatic rings. The molecule has 0 atom stereocenters. The molecule has 0 bridgehead atoms. The Kier molecular flexibility index (Phi) is 2550. The smallest absolute Gasteiger partial charge is 0.197 e. The number of rotatable bonds is 0. The van der Waals surface area contributed by atoms with Crippen molar-refractivity contribution in [3.05, 3.63) is 0 Å². The van der Waals surface area contributed by atoms with E-state index in [0.717, 1.165) is 0 Å². The van der Waals surface area contributed by atoms with Crippen molar-refractivity contribution < 1.29 is 0 Å². The third-order valence-electron chi connectivity index (χ3n) is 0. The van der Waals surface area contributed by atoms with Gasteiger partial charge in [-0.2, -0.15) is 13.5 Å². The maximum absolute atomic E-state index is 0. The van der Waals surface area contributed by atoms with Gasteiger partial charge in [-0.05, 0) is 0 Å². The van der Waals surface area contributed by atoms with Crippen molar-refractivity contribution in [2.45, 2.75) is 0 Å². The molecule has 0 aromatic heterocycles. The van der Waals surface area contributed by atoms with Crippen molar-refractivity contribution >= 4 is 27.0 Å². The highest BCUT2D eigenvalue weighted by molar-refractivity contribution is 7.59. The monoisotopic (exact) mass is 102 g/mol. The number of hydrogen-bond donors (Lipinski definition) is 2.